The van der Waals surface area contributed by atoms with Crippen molar-refractivity contribution in [3.05, 3.63) is 0 Å². The van der Waals surface area contributed by atoms with Crippen LogP contribution in [0, 0.1) is 11.8 Å². The van der Waals surface area contributed by atoms with Gasteiger partial charge in [0.15, 0.2) is 0 Å². The number of nitrogens with zero attached hydrogens (tertiary/aromatic N) is 1. The number of hydrogen-bond acceptors (Lipinski definition) is 3. The van der Waals surface area contributed by atoms with Crippen LogP contribution in [0.1, 0.15) is 38.5 Å². The number of carbonyl (C=O) groups is 3. The molecule has 3 amide bonds. The van der Waals surface area contributed by atoms with Gasteiger partial charge in [0.1, 0.15) is 0 Å². The van der Waals surface area contributed by atoms with Gasteiger partial charge in [0, 0.05) is 38.5 Å². The lowest BCUT2D eigenvalue weighted by Crippen LogP contribution is -2.53. The number of rotatable bonds is 5. The Morgan fingerprint density at radius 3 is 2.59 bits per heavy atom. The van der Waals surface area contributed by atoms with E-state index in [-0.39, 0.29) is 36.2 Å². The van der Waals surface area contributed by atoms with Gasteiger partial charge >= 0.3 is 12.0 Å². The molecule has 0 radical (unpaired) electrons. The lowest BCUT2D eigenvalue weighted by atomic mass is 9.72. The van der Waals surface area contributed by atoms with Crippen molar-refractivity contribution in [3.8, 4) is 0 Å². The lowest BCUT2D eigenvalue weighted by Gasteiger charge is -2.42. The first-order valence-electron chi connectivity index (χ1n) is 7.99. The van der Waals surface area contributed by atoms with Crippen molar-refractivity contribution in [3.63, 3.8) is 0 Å². The first kappa shape index (κ1) is 16.6. The van der Waals surface area contributed by atoms with Crippen LogP contribution in [0.25, 0.3) is 0 Å². The van der Waals surface area contributed by atoms with Crippen molar-refractivity contribution in [1.82, 2.24) is 15.5 Å². The number of urea groups is 1. The third-order valence-corrected chi connectivity index (χ3v) is 4.68. The summed E-state index contributed by atoms with van der Waals surface area (Å²) >= 11 is 0. The van der Waals surface area contributed by atoms with Crippen LogP contribution in [0.15, 0.2) is 0 Å². The minimum absolute atomic E-state index is 0.0371. The average Bonchev–Trinajstić information content (AvgIpc) is 2.47. The fourth-order valence-corrected chi connectivity index (χ4v) is 3.39. The van der Waals surface area contributed by atoms with E-state index in [0.29, 0.717) is 19.4 Å². The Hall–Kier alpha value is -1.79. The number of likely N-dealkylation sites (tertiary alicyclic amines) is 1. The Morgan fingerprint density at radius 1 is 1.23 bits per heavy atom. The molecule has 7 heteroatoms. The molecule has 2 rings (SSSR count). The summed E-state index contributed by atoms with van der Waals surface area (Å²) in [5.74, 6) is -0.560. The van der Waals surface area contributed by atoms with Crippen LogP contribution in [0.2, 0.25) is 0 Å². The molecule has 0 aromatic carbocycles. The molecule has 0 aromatic heterocycles. The maximum absolute atomic E-state index is 12.6. The molecule has 2 fully saturated rings. The van der Waals surface area contributed by atoms with Gasteiger partial charge in [-0.2, -0.15) is 0 Å². The number of hydrogen-bond donors (Lipinski definition) is 3. The summed E-state index contributed by atoms with van der Waals surface area (Å²) in [4.78, 5) is 36.4. The second-order valence-corrected chi connectivity index (χ2v) is 6.27. The molecule has 0 bridgehead atoms. The zero-order valence-electron chi connectivity index (χ0n) is 13.0. The highest BCUT2D eigenvalue weighted by Gasteiger charge is 2.39. The van der Waals surface area contributed by atoms with Gasteiger partial charge in [-0.3, -0.25) is 9.59 Å². The molecular weight excluding hydrogens is 286 g/mol. The Bertz CT molecular complexity index is 435. The van der Waals surface area contributed by atoms with Gasteiger partial charge in [0.2, 0.25) is 5.91 Å². The summed E-state index contributed by atoms with van der Waals surface area (Å²) in [5.41, 5.74) is 0. The fourth-order valence-electron chi connectivity index (χ4n) is 3.39. The molecule has 7 nitrogen and oxygen atoms in total. The smallest absolute Gasteiger partial charge is 0.314 e. The first-order chi connectivity index (χ1) is 10.5. The normalized spacial score (nSPS) is 27.7. The number of carboxylic acid groups (broad SMARTS) is 1. The van der Waals surface area contributed by atoms with Crippen LogP contribution in [0.3, 0.4) is 0 Å². The second kappa shape index (κ2) is 7.47. The lowest BCUT2D eigenvalue weighted by molar-refractivity contribution is -0.147. The van der Waals surface area contributed by atoms with Crippen LogP contribution < -0.4 is 10.6 Å². The first-order valence-corrected chi connectivity index (χ1v) is 7.99. The molecule has 1 heterocycles. The van der Waals surface area contributed by atoms with E-state index in [1.54, 1.807) is 7.05 Å². The summed E-state index contributed by atoms with van der Waals surface area (Å²) in [6.07, 6.45) is 4.48. The van der Waals surface area contributed by atoms with Gasteiger partial charge in [-0.25, -0.2) is 4.79 Å². The number of amides is 3. The topological polar surface area (TPSA) is 98.7 Å². The maximum atomic E-state index is 12.6. The summed E-state index contributed by atoms with van der Waals surface area (Å²) < 4.78 is 0. The Labute approximate surface area is 130 Å². The number of aliphatic carboxylic acids is 1. The van der Waals surface area contributed by atoms with Crippen molar-refractivity contribution >= 4 is 17.9 Å². The predicted molar refractivity (Wildman–Crippen MR) is 80.3 cm³/mol. The average molecular weight is 311 g/mol. The standard InChI is InChI=1S/C15H25N3O4/c1-16-15(22)17-9-12-4-2-3-5-18(12)14(21)11-6-10(7-11)8-13(19)20/h10-12H,2-9H2,1H3,(H,19,20)(H2,16,17,22). The van der Waals surface area contributed by atoms with E-state index < -0.39 is 5.97 Å². The van der Waals surface area contributed by atoms with Gasteiger partial charge in [0.05, 0.1) is 0 Å². The number of carboxylic acids is 1. The molecule has 1 aliphatic heterocycles. The monoisotopic (exact) mass is 311 g/mol. The summed E-state index contributed by atoms with van der Waals surface area (Å²) in [7, 11) is 1.57. The zero-order valence-corrected chi connectivity index (χ0v) is 13.0. The molecule has 1 aliphatic carbocycles. The van der Waals surface area contributed by atoms with E-state index in [4.69, 9.17) is 5.11 Å². The number of piperidine rings is 1. The van der Waals surface area contributed by atoms with Crippen molar-refractivity contribution < 1.29 is 19.5 Å². The third kappa shape index (κ3) is 4.11. The molecule has 1 saturated carbocycles. The summed E-state index contributed by atoms with van der Waals surface area (Å²) in [6, 6.07) is -0.180. The SMILES string of the molecule is CNC(=O)NCC1CCCCN1C(=O)C1CC(CC(=O)O)C1. The van der Waals surface area contributed by atoms with Crippen molar-refractivity contribution in [1.29, 1.82) is 0 Å². The van der Waals surface area contributed by atoms with Crippen LogP contribution in [0.5, 0.6) is 0 Å². The zero-order chi connectivity index (χ0) is 16.1. The van der Waals surface area contributed by atoms with Gasteiger partial charge in [0.25, 0.3) is 0 Å². The van der Waals surface area contributed by atoms with Crippen LogP contribution in [-0.2, 0) is 9.59 Å². The molecule has 1 atom stereocenters. The quantitative estimate of drug-likeness (QED) is 0.699. The molecule has 1 unspecified atom stereocenters. The Kier molecular flexibility index (Phi) is 5.63. The maximum Gasteiger partial charge on any atom is 0.314 e. The molecule has 2 aliphatic rings. The van der Waals surface area contributed by atoms with E-state index in [0.717, 1.165) is 25.8 Å². The van der Waals surface area contributed by atoms with Crippen molar-refractivity contribution in [2.24, 2.45) is 11.8 Å². The van der Waals surface area contributed by atoms with Gasteiger partial charge in [-0.15, -0.1) is 0 Å². The Morgan fingerprint density at radius 2 is 1.95 bits per heavy atom. The minimum atomic E-state index is -0.790. The van der Waals surface area contributed by atoms with E-state index in [2.05, 4.69) is 10.6 Å². The summed E-state index contributed by atoms with van der Waals surface area (Å²) in [5, 5.41) is 14.1. The van der Waals surface area contributed by atoms with Crippen LogP contribution in [0.4, 0.5) is 4.79 Å². The highest BCUT2D eigenvalue weighted by Crippen LogP contribution is 2.38. The third-order valence-electron chi connectivity index (χ3n) is 4.68. The molecule has 124 valence electrons. The van der Waals surface area contributed by atoms with Crippen molar-refractivity contribution in [2.45, 2.75) is 44.6 Å². The van der Waals surface area contributed by atoms with E-state index >= 15 is 0 Å². The highest BCUT2D eigenvalue weighted by molar-refractivity contribution is 5.81. The molecule has 0 spiro atoms. The largest absolute Gasteiger partial charge is 0.481 e. The van der Waals surface area contributed by atoms with Gasteiger partial charge < -0.3 is 20.6 Å². The second-order valence-electron chi connectivity index (χ2n) is 6.27. The van der Waals surface area contributed by atoms with Crippen LogP contribution >= 0.6 is 0 Å². The fraction of sp³-hybridized carbons (Fsp3) is 0.800. The van der Waals surface area contributed by atoms with E-state index in [1.165, 1.54) is 0 Å². The molecule has 22 heavy (non-hydrogen) atoms. The Balaban J connectivity index is 1.84. The molecule has 3 N–H and O–H groups in total. The molecule has 0 aromatic rings. The number of carbonyl (C=O) groups excluding carboxylic acids is 2. The van der Waals surface area contributed by atoms with E-state index in [1.807, 2.05) is 4.90 Å². The molecular formula is C15H25N3O4. The van der Waals surface area contributed by atoms with E-state index in [9.17, 15) is 14.4 Å². The predicted octanol–water partition coefficient (Wildman–Crippen LogP) is 0.797. The summed E-state index contributed by atoms with van der Waals surface area (Å²) in [6.45, 7) is 1.20. The van der Waals surface area contributed by atoms with Crippen molar-refractivity contribution in [2.75, 3.05) is 20.1 Å². The molecule has 1 saturated heterocycles. The van der Waals surface area contributed by atoms with Crippen LogP contribution in [-0.4, -0.2) is 54.1 Å². The minimum Gasteiger partial charge on any atom is -0.481 e. The number of nitrogens with one attached hydrogen (secondary N) is 2. The van der Waals surface area contributed by atoms with Gasteiger partial charge in [-0.05, 0) is 38.0 Å². The highest BCUT2D eigenvalue weighted by atomic mass is 16.4. The van der Waals surface area contributed by atoms with Gasteiger partial charge in [-0.1, -0.05) is 0 Å².